The van der Waals surface area contributed by atoms with E-state index in [1.54, 1.807) is 12.1 Å². The lowest BCUT2D eigenvalue weighted by Crippen LogP contribution is -2.35. The first-order valence-corrected chi connectivity index (χ1v) is 6.31. The first-order chi connectivity index (χ1) is 9.66. The number of H-pyrrole nitrogens is 1. The molecule has 0 bridgehead atoms. The normalized spacial score (nSPS) is 19.3. The highest BCUT2D eigenvalue weighted by Gasteiger charge is 2.20. The Morgan fingerprint density at radius 3 is 3.00 bits per heavy atom. The summed E-state index contributed by atoms with van der Waals surface area (Å²) in [6.07, 6.45) is -0.248. The van der Waals surface area contributed by atoms with E-state index in [1.807, 2.05) is 0 Å². The van der Waals surface area contributed by atoms with Gasteiger partial charge in [0.2, 0.25) is 0 Å². The zero-order valence-electron chi connectivity index (χ0n) is 10.7. The van der Waals surface area contributed by atoms with Gasteiger partial charge in [-0.3, -0.25) is 4.57 Å². The third-order valence-corrected chi connectivity index (χ3v) is 3.29. The zero-order valence-corrected chi connectivity index (χ0v) is 10.7. The van der Waals surface area contributed by atoms with Crippen LogP contribution >= 0.6 is 0 Å². The van der Waals surface area contributed by atoms with E-state index in [4.69, 9.17) is 9.47 Å². The van der Waals surface area contributed by atoms with Gasteiger partial charge in [0.1, 0.15) is 0 Å². The van der Waals surface area contributed by atoms with Crippen LogP contribution in [0.5, 0.6) is 0 Å². The quantitative estimate of drug-likeness (QED) is 0.850. The number of fused-ring (bicyclic) bond motifs is 1. The van der Waals surface area contributed by atoms with Gasteiger partial charge in [-0.05, 0) is 12.1 Å². The van der Waals surface area contributed by atoms with Crippen LogP contribution in [0.15, 0.2) is 23.0 Å². The lowest BCUT2D eigenvalue weighted by atomic mass is 10.2. The number of nitrogens with zero attached hydrogens (tertiary/aromatic N) is 1. The molecule has 2 aromatic rings. The fourth-order valence-electron chi connectivity index (χ4n) is 2.41. The standard InChI is InChI=1S/C13H14N2O5/c16-12(17)9-2-1-3-10-11(9)15(13(18)14-10)6-8-7-19-4-5-20-8/h1-3,8H,4-7H2,(H,14,18)(H,16,17). The van der Waals surface area contributed by atoms with Crippen LogP contribution < -0.4 is 5.69 Å². The van der Waals surface area contributed by atoms with Crippen molar-refractivity contribution in [3.63, 3.8) is 0 Å². The molecule has 2 heterocycles. The van der Waals surface area contributed by atoms with E-state index in [-0.39, 0.29) is 23.9 Å². The molecule has 0 spiro atoms. The van der Waals surface area contributed by atoms with Crippen molar-refractivity contribution < 1.29 is 19.4 Å². The van der Waals surface area contributed by atoms with E-state index in [0.717, 1.165) is 0 Å². The van der Waals surface area contributed by atoms with Gasteiger partial charge >= 0.3 is 11.7 Å². The molecule has 1 aliphatic heterocycles. The number of carboxylic acids is 1. The third-order valence-electron chi connectivity index (χ3n) is 3.29. The number of ether oxygens (including phenoxy) is 2. The predicted octanol–water partition coefficient (Wildman–Crippen LogP) is 0.443. The van der Waals surface area contributed by atoms with Gasteiger partial charge in [0.15, 0.2) is 0 Å². The number of hydrogen-bond donors (Lipinski definition) is 2. The predicted molar refractivity (Wildman–Crippen MR) is 70.1 cm³/mol. The fraction of sp³-hybridized carbons (Fsp3) is 0.385. The molecule has 1 aliphatic rings. The summed E-state index contributed by atoms with van der Waals surface area (Å²) in [5, 5.41) is 9.24. The summed E-state index contributed by atoms with van der Waals surface area (Å²) >= 11 is 0. The molecule has 0 amide bonds. The summed E-state index contributed by atoms with van der Waals surface area (Å²) in [5.74, 6) is -1.07. The Kier molecular flexibility index (Phi) is 3.29. The lowest BCUT2D eigenvalue weighted by molar-refractivity contribution is -0.0935. The van der Waals surface area contributed by atoms with Crippen molar-refractivity contribution in [3.05, 3.63) is 34.2 Å². The molecule has 2 N–H and O–H groups in total. The van der Waals surface area contributed by atoms with Gasteiger partial charge in [0.25, 0.3) is 0 Å². The van der Waals surface area contributed by atoms with Gasteiger partial charge in [-0.25, -0.2) is 9.59 Å². The molecule has 106 valence electrons. The van der Waals surface area contributed by atoms with Gasteiger partial charge in [0.05, 0.1) is 49.1 Å². The number of imidazole rings is 1. The number of aromatic nitrogens is 2. The van der Waals surface area contributed by atoms with Crippen molar-refractivity contribution in [3.8, 4) is 0 Å². The highest BCUT2D eigenvalue weighted by atomic mass is 16.6. The maximum absolute atomic E-state index is 12.0. The van der Waals surface area contributed by atoms with Crippen molar-refractivity contribution in [1.82, 2.24) is 9.55 Å². The Bertz CT molecular complexity index is 696. The summed E-state index contributed by atoms with van der Waals surface area (Å²) in [6.45, 7) is 1.69. The van der Waals surface area contributed by atoms with E-state index < -0.39 is 5.97 Å². The number of hydrogen-bond acceptors (Lipinski definition) is 4. The number of carboxylic acid groups (broad SMARTS) is 1. The molecule has 0 saturated carbocycles. The molecule has 7 heteroatoms. The largest absolute Gasteiger partial charge is 0.478 e. The number of para-hydroxylation sites is 1. The topological polar surface area (TPSA) is 93.6 Å². The molecular weight excluding hydrogens is 264 g/mol. The highest BCUT2D eigenvalue weighted by Crippen LogP contribution is 2.17. The van der Waals surface area contributed by atoms with Crippen LogP contribution in [-0.4, -0.2) is 46.6 Å². The Morgan fingerprint density at radius 1 is 1.45 bits per heavy atom. The van der Waals surface area contributed by atoms with Crippen molar-refractivity contribution in [2.75, 3.05) is 19.8 Å². The second kappa shape index (κ2) is 5.10. The Balaban J connectivity index is 2.06. The molecule has 7 nitrogen and oxygen atoms in total. The van der Waals surface area contributed by atoms with E-state index in [0.29, 0.717) is 30.9 Å². The van der Waals surface area contributed by atoms with Crippen LogP contribution in [0.4, 0.5) is 0 Å². The maximum Gasteiger partial charge on any atom is 0.337 e. The van der Waals surface area contributed by atoms with Crippen LogP contribution in [0.2, 0.25) is 0 Å². The van der Waals surface area contributed by atoms with E-state index >= 15 is 0 Å². The first kappa shape index (κ1) is 12.9. The minimum Gasteiger partial charge on any atom is -0.478 e. The number of benzene rings is 1. The number of carbonyl (C=O) groups is 1. The molecule has 3 rings (SSSR count). The lowest BCUT2D eigenvalue weighted by Gasteiger charge is -2.23. The average Bonchev–Trinajstić information content (AvgIpc) is 2.76. The molecule has 20 heavy (non-hydrogen) atoms. The van der Waals surface area contributed by atoms with E-state index in [1.165, 1.54) is 10.6 Å². The summed E-state index contributed by atoms with van der Waals surface area (Å²) < 4.78 is 12.2. The first-order valence-electron chi connectivity index (χ1n) is 6.31. The average molecular weight is 278 g/mol. The van der Waals surface area contributed by atoms with Gasteiger partial charge in [-0.1, -0.05) is 6.07 Å². The van der Waals surface area contributed by atoms with Gasteiger partial charge in [0, 0.05) is 0 Å². The molecule has 1 atom stereocenters. The van der Waals surface area contributed by atoms with Crippen LogP contribution in [0.1, 0.15) is 10.4 Å². The third kappa shape index (κ3) is 2.21. The highest BCUT2D eigenvalue weighted by molar-refractivity contribution is 6.01. The molecule has 1 saturated heterocycles. The van der Waals surface area contributed by atoms with Crippen LogP contribution in [0, 0.1) is 0 Å². The second-order valence-corrected chi connectivity index (χ2v) is 4.62. The smallest absolute Gasteiger partial charge is 0.337 e. The molecule has 0 radical (unpaired) electrons. The fourth-order valence-corrected chi connectivity index (χ4v) is 2.41. The summed E-state index contributed by atoms with van der Waals surface area (Å²) in [5.41, 5.74) is 0.645. The number of nitrogens with one attached hydrogen (secondary N) is 1. The number of rotatable bonds is 3. The Labute approximate surface area is 113 Å². The number of aromatic carboxylic acids is 1. The van der Waals surface area contributed by atoms with Crippen molar-refractivity contribution >= 4 is 17.0 Å². The van der Waals surface area contributed by atoms with Gasteiger partial charge in [-0.2, -0.15) is 0 Å². The van der Waals surface area contributed by atoms with Crippen LogP contribution in [0.25, 0.3) is 11.0 Å². The SMILES string of the molecule is O=C(O)c1cccc2[nH]c(=O)n(CC3COCCO3)c12. The van der Waals surface area contributed by atoms with Crippen molar-refractivity contribution in [1.29, 1.82) is 0 Å². The molecule has 1 unspecified atom stereocenters. The molecule has 1 aromatic carbocycles. The minimum absolute atomic E-state index is 0.0950. The maximum atomic E-state index is 12.0. The Hall–Kier alpha value is -2.12. The monoisotopic (exact) mass is 278 g/mol. The van der Waals surface area contributed by atoms with E-state index in [2.05, 4.69) is 4.98 Å². The van der Waals surface area contributed by atoms with Gasteiger partial charge in [-0.15, -0.1) is 0 Å². The molecular formula is C13H14N2O5. The summed E-state index contributed by atoms with van der Waals surface area (Å²) in [6, 6.07) is 4.76. The molecule has 1 aromatic heterocycles. The van der Waals surface area contributed by atoms with Crippen LogP contribution in [0.3, 0.4) is 0 Å². The zero-order chi connectivity index (χ0) is 14.1. The Morgan fingerprint density at radius 2 is 2.30 bits per heavy atom. The van der Waals surface area contributed by atoms with E-state index in [9.17, 15) is 14.7 Å². The molecule has 1 fully saturated rings. The summed E-state index contributed by atoms with van der Waals surface area (Å²) in [7, 11) is 0. The second-order valence-electron chi connectivity index (χ2n) is 4.62. The molecule has 0 aliphatic carbocycles. The number of aromatic amines is 1. The van der Waals surface area contributed by atoms with Crippen molar-refractivity contribution in [2.24, 2.45) is 0 Å². The van der Waals surface area contributed by atoms with Crippen LogP contribution in [-0.2, 0) is 16.0 Å². The summed E-state index contributed by atoms with van der Waals surface area (Å²) in [4.78, 5) is 25.9. The van der Waals surface area contributed by atoms with Crippen molar-refractivity contribution in [2.45, 2.75) is 12.6 Å². The minimum atomic E-state index is -1.07. The van der Waals surface area contributed by atoms with Gasteiger partial charge < -0.3 is 19.6 Å².